The summed E-state index contributed by atoms with van der Waals surface area (Å²) in [5, 5.41) is 0.284. The summed E-state index contributed by atoms with van der Waals surface area (Å²) >= 11 is 5.68. The molecule has 0 bridgehead atoms. The molecule has 1 aromatic carbocycles. The van der Waals surface area contributed by atoms with E-state index in [2.05, 4.69) is 11.8 Å². The van der Waals surface area contributed by atoms with E-state index in [0.29, 0.717) is 13.2 Å². The molecule has 0 radical (unpaired) electrons. The molecule has 1 fully saturated rings. The number of carbonyl (C=O) groups is 1. The smallest absolute Gasteiger partial charge is 0.195 e. The lowest BCUT2D eigenvalue weighted by Crippen LogP contribution is -2.46. The van der Waals surface area contributed by atoms with Crippen LogP contribution in [0.4, 0.5) is 4.39 Å². The Morgan fingerprint density at radius 2 is 2.37 bits per heavy atom. The van der Waals surface area contributed by atoms with Gasteiger partial charge in [0.05, 0.1) is 12.2 Å². The maximum Gasteiger partial charge on any atom is 0.195 e. The van der Waals surface area contributed by atoms with Crippen LogP contribution in [0.1, 0.15) is 23.7 Å². The van der Waals surface area contributed by atoms with Gasteiger partial charge in [-0.2, -0.15) is 0 Å². The molecule has 0 aromatic heterocycles. The van der Waals surface area contributed by atoms with Gasteiger partial charge in [-0.1, -0.05) is 18.5 Å². The second-order valence-corrected chi connectivity index (χ2v) is 5.08. The second-order valence-electron chi connectivity index (χ2n) is 4.65. The maximum atomic E-state index is 13.7. The number of morpholine rings is 1. The van der Waals surface area contributed by atoms with Crippen LogP contribution in [0.3, 0.4) is 0 Å². The molecule has 0 amide bonds. The number of Topliss-reactive ketones (excluding diaryl/α,β-unsaturated/α-hetero) is 1. The van der Waals surface area contributed by atoms with Gasteiger partial charge in [0.1, 0.15) is 11.9 Å². The Morgan fingerprint density at radius 1 is 1.58 bits per heavy atom. The van der Waals surface area contributed by atoms with Crippen LogP contribution in [0.15, 0.2) is 18.2 Å². The molecule has 0 saturated carbocycles. The number of ether oxygens (including phenoxy) is 1. The van der Waals surface area contributed by atoms with Gasteiger partial charge < -0.3 is 4.74 Å². The van der Waals surface area contributed by atoms with E-state index < -0.39 is 11.9 Å². The number of ketones is 1. The van der Waals surface area contributed by atoms with Crippen molar-refractivity contribution in [3.8, 4) is 0 Å². The molecule has 1 unspecified atom stereocenters. The third-order valence-electron chi connectivity index (χ3n) is 3.18. The van der Waals surface area contributed by atoms with E-state index in [4.69, 9.17) is 16.3 Å². The summed E-state index contributed by atoms with van der Waals surface area (Å²) in [5.74, 6) is -0.899. The van der Waals surface area contributed by atoms with E-state index in [1.165, 1.54) is 12.1 Å². The Labute approximate surface area is 117 Å². The monoisotopic (exact) mass is 285 g/mol. The standard InChI is InChI=1S/C14H17ClFNO2/c1-2-5-17-6-7-19-13(9-17)14(18)11-4-3-10(15)8-12(11)16/h3-4,8,13H,2,5-7,9H2,1H3. The number of hydrogen-bond donors (Lipinski definition) is 0. The van der Waals surface area contributed by atoms with Crippen LogP contribution in [0.2, 0.25) is 5.02 Å². The molecule has 1 atom stereocenters. The van der Waals surface area contributed by atoms with Crippen LogP contribution < -0.4 is 0 Å². The van der Waals surface area contributed by atoms with Crippen molar-refractivity contribution in [1.29, 1.82) is 0 Å². The molecule has 104 valence electrons. The van der Waals surface area contributed by atoms with E-state index in [9.17, 15) is 9.18 Å². The minimum atomic E-state index is -0.589. The van der Waals surface area contributed by atoms with Gasteiger partial charge in [0, 0.05) is 18.1 Å². The van der Waals surface area contributed by atoms with Gasteiger partial charge in [-0.3, -0.25) is 9.69 Å². The maximum absolute atomic E-state index is 13.7. The predicted molar refractivity (Wildman–Crippen MR) is 72.2 cm³/mol. The highest BCUT2D eigenvalue weighted by Gasteiger charge is 2.28. The SMILES string of the molecule is CCCN1CCOC(C(=O)c2ccc(Cl)cc2F)C1. The highest BCUT2D eigenvalue weighted by molar-refractivity contribution is 6.30. The number of halogens is 2. The molecule has 1 aliphatic rings. The summed E-state index contributed by atoms with van der Waals surface area (Å²) in [5.41, 5.74) is 0.0488. The van der Waals surface area contributed by atoms with Gasteiger partial charge in [0.2, 0.25) is 0 Å². The third-order valence-corrected chi connectivity index (χ3v) is 3.41. The van der Waals surface area contributed by atoms with Gasteiger partial charge in [0.25, 0.3) is 0 Å². The molecule has 1 aromatic rings. The van der Waals surface area contributed by atoms with Crippen molar-refractivity contribution in [2.24, 2.45) is 0 Å². The topological polar surface area (TPSA) is 29.5 Å². The molecule has 0 aliphatic carbocycles. The average Bonchev–Trinajstić information content (AvgIpc) is 2.39. The fraction of sp³-hybridized carbons (Fsp3) is 0.500. The summed E-state index contributed by atoms with van der Waals surface area (Å²) < 4.78 is 19.2. The van der Waals surface area contributed by atoms with Crippen LogP contribution in [-0.4, -0.2) is 43.0 Å². The number of hydrogen-bond acceptors (Lipinski definition) is 3. The van der Waals surface area contributed by atoms with E-state index in [-0.39, 0.29) is 16.4 Å². The minimum Gasteiger partial charge on any atom is -0.367 e. The summed E-state index contributed by atoms with van der Waals surface area (Å²) in [7, 11) is 0. The number of carbonyl (C=O) groups excluding carboxylic acids is 1. The molecule has 0 N–H and O–H groups in total. The molecule has 0 spiro atoms. The van der Waals surface area contributed by atoms with Crippen molar-refractivity contribution in [2.75, 3.05) is 26.2 Å². The Morgan fingerprint density at radius 3 is 3.05 bits per heavy atom. The summed E-state index contributed by atoms with van der Waals surface area (Å²) in [6, 6.07) is 4.09. The fourth-order valence-electron chi connectivity index (χ4n) is 2.24. The summed E-state index contributed by atoms with van der Waals surface area (Å²) in [4.78, 5) is 14.4. The van der Waals surface area contributed by atoms with E-state index in [1.807, 2.05) is 0 Å². The molecule has 3 nitrogen and oxygen atoms in total. The van der Waals surface area contributed by atoms with Crippen LogP contribution in [0.5, 0.6) is 0 Å². The fourth-order valence-corrected chi connectivity index (χ4v) is 2.40. The zero-order chi connectivity index (χ0) is 13.8. The van der Waals surface area contributed by atoms with Crippen molar-refractivity contribution in [3.63, 3.8) is 0 Å². The van der Waals surface area contributed by atoms with Crippen LogP contribution in [-0.2, 0) is 4.74 Å². The van der Waals surface area contributed by atoms with Gasteiger partial charge in [-0.15, -0.1) is 0 Å². The Bertz CT molecular complexity index is 465. The lowest BCUT2D eigenvalue weighted by molar-refractivity contribution is -0.0165. The molecule has 1 saturated heterocycles. The number of rotatable bonds is 4. The van der Waals surface area contributed by atoms with Crippen LogP contribution >= 0.6 is 11.6 Å². The minimum absolute atomic E-state index is 0.0488. The van der Waals surface area contributed by atoms with Gasteiger partial charge in [-0.25, -0.2) is 4.39 Å². The highest BCUT2D eigenvalue weighted by Crippen LogP contribution is 2.18. The van der Waals surface area contributed by atoms with Crippen molar-refractivity contribution in [2.45, 2.75) is 19.4 Å². The number of benzene rings is 1. The zero-order valence-electron chi connectivity index (χ0n) is 10.9. The zero-order valence-corrected chi connectivity index (χ0v) is 11.6. The van der Waals surface area contributed by atoms with Crippen LogP contribution in [0, 0.1) is 5.82 Å². The largest absolute Gasteiger partial charge is 0.367 e. The normalized spacial score (nSPS) is 20.5. The van der Waals surface area contributed by atoms with Crippen LogP contribution in [0.25, 0.3) is 0 Å². The molecule has 1 heterocycles. The van der Waals surface area contributed by atoms with E-state index in [0.717, 1.165) is 25.6 Å². The van der Waals surface area contributed by atoms with Gasteiger partial charge in [0.15, 0.2) is 5.78 Å². The highest BCUT2D eigenvalue weighted by atomic mass is 35.5. The lowest BCUT2D eigenvalue weighted by atomic mass is 10.0. The van der Waals surface area contributed by atoms with Gasteiger partial charge >= 0.3 is 0 Å². The molecule has 19 heavy (non-hydrogen) atoms. The first kappa shape index (κ1) is 14.4. The van der Waals surface area contributed by atoms with Crippen molar-refractivity contribution < 1.29 is 13.9 Å². The number of nitrogens with zero attached hydrogens (tertiary/aromatic N) is 1. The van der Waals surface area contributed by atoms with Crippen molar-refractivity contribution in [3.05, 3.63) is 34.6 Å². The first-order chi connectivity index (χ1) is 9.11. The molecular formula is C14H17ClFNO2. The predicted octanol–water partition coefficient (Wildman–Crippen LogP) is 2.77. The van der Waals surface area contributed by atoms with E-state index in [1.54, 1.807) is 0 Å². The Kier molecular flexibility index (Phi) is 4.91. The van der Waals surface area contributed by atoms with E-state index >= 15 is 0 Å². The lowest BCUT2D eigenvalue weighted by Gasteiger charge is -2.31. The molecule has 5 heteroatoms. The first-order valence-corrected chi connectivity index (χ1v) is 6.83. The Balaban J connectivity index is 2.10. The third kappa shape index (κ3) is 3.53. The summed E-state index contributed by atoms with van der Waals surface area (Å²) in [6.07, 6.45) is 0.437. The summed E-state index contributed by atoms with van der Waals surface area (Å²) in [6.45, 7) is 4.86. The molecule has 2 rings (SSSR count). The molecule has 1 aliphatic heterocycles. The van der Waals surface area contributed by atoms with Crippen molar-refractivity contribution >= 4 is 17.4 Å². The Hall–Kier alpha value is -0.970. The van der Waals surface area contributed by atoms with Crippen molar-refractivity contribution in [1.82, 2.24) is 4.90 Å². The first-order valence-electron chi connectivity index (χ1n) is 6.45. The second kappa shape index (κ2) is 6.46. The quantitative estimate of drug-likeness (QED) is 0.797. The van der Waals surface area contributed by atoms with Gasteiger partial charge in [-0.05, 0) is 31.2 Å². The average molecular weight is 286 g/mol. The molecular weight excluding hydrogens is 269 g/mol.